The first-order valence-corrected chi connectivity index (χ1v) is 5.41. The van der Waals surface area contributed by atoms with Gasteiger partial charge in [-0.2, -0.15) is 0 Å². The minimum Gasteiger partial charge on any atom is -0.468 e. The Kier molecular flexibility index (Phi) is 3.67. The van der Waals surface area contributed by atoms with Gasteiger partial charge in [-0.05, 0) is 11.6 Å². The molecule has 0 aliphatic carbocycles. The van der Waals surface area contributed by atoms with Gasteiger partial charge in [-0.15, -0.1) is 0 Å². The summed E-state index contributed by atoms with van der Waals surface area (Å²) in [6.45, 7) is 0.809. The maximum atomic E-state index is 11.0. The van der Waals surface area contributed by atoms with E-state index < -0.39 is 0 Å². The van der Waals surface area contributed by atoms with E-state index in [2.05, 4.69) is 15.0 Å². The number of fused-ring (bicyclic) bond motifs is 1. The van der Waals surface area contributed by atoms with E-state index >= 15 is 0 Å². The number of nitrogens with one attached hydrogen (secondary N) is 1. The Morgan fingerprint density at radius 1 is 1.35 bits per heavy atom. The van der Waals surface area contributed by atoms with Crippen LogP contribution in [0.4, 0.5) is 0 Å². The molecule has 88 valence electrons. The lowest BCUT2D eigenvalue weighted by Gasteiger charge is -2.06. The summed E-state index contributed by atoms with van der Waals surface area (Å²) in [7, 11) is 1.38. The van der Waals surface area contributed by atoms with Crippen molar-refractivity contribution in [3.8, 4) is 0 Å². The summed E-state index contributed by atoms with van der Waals surface area (Å²) >= 11 is 0. The second kappa shape index (κ2) is 5.41. The predicted octanol–water partition coefficient (Wildman–Crippen LogP) is 1.50. The fraction of sp³-hybridized carbons (Fsp3) is 0.231. The maximum absolute atomic E-state index is 11.0. The van der Waals surface area contributed by atoms with Gasteiger partial charge in [-0.1, -0.05) is 24.3 Å². The molecule has 0 radical (unpaired) electrons. The molecule has 1 aromatic carbocycles. The minimum atomic E-state index is -0.266. The molecule has 4 nitrogen and oxygen atoms in total. The van der Waals surface area contributed by atoms with Crippen LogP contribution in [-0.4, -0.2) is 24.6 Å². The Morgan fingerprint density at radius 2 is 2.18 bits per heavy atom. The van der Waals surface area contributed by atoms with Crippen LogP contribution < -0.4 is 5.32 Å². The van der Waals surface area contributed by atoms with Crippen molar-refractivity contribution in [1.82, 2.24) is 10.3 Å². The van der Waals surface area contributed by atoms with Gasteiger partial charge >= 0.3 is 5.97 Å². The largest absolute Gasteiger partial charge is 0.468 e. The highest BCUT2D eigenvalue weighted by molar-refractivity contribution is 5.81. The van der Waals surface area contributed by atoms with Crippen molar-refractivity contribution >= 4 is 16.9 Å². The zero-order chi connectivity index (χ0) is 12.1. The molecule has 0 spiro atoms. The number of carbonyl (C=O) groups is 1. The highest BCUT2D eigenvalue weighted by Gasteiger charge is 2.03. The third-order valence-corrected chi connectivity index (χ3v) is 2.53. The molecule has 0 unspecified atom stereocenters. The molecule has 0 saturated carbocycles. The van der Waals surface area contributed by atoms with E-state index in [0.29, 0.717) is 6.54 Å². The molecule has 0 atom stereocenters. The number of rotatable bonds is 4. The van der Waals surface area contributed by atoms with Crippen LogP contribution in [0.3, 0.4) is 0 Å². The van der Waals surface area contributed by atoms with Gasteiger partial charge in [0.2, 0.25) is 0 Å². The Bertz CT molecular complexity index is 520. The van der Waals surface area contributed by atoms with Gasteiger partial charge in [0.25, 0.3) is 0 Å². The number of carbonyl (C=O) groups excluding carboxylic acids is 1. The number of nitrogens with zero attached hydrogens (tertiary/aromatic N) is 1. The zero-order valence-corrected chi connectivity index (χ0v) is 9.64. The smallest absolute Gasteiger partial charge is 0.319 e. The van der Waals surface area contributed by atoms with Crippen LogP contribution >= 0.6 is 0 Å². The predicted molar refractivity (Wildman–Crippen MR) is 65.5 cm³/mol. The van der Waals surface area contributed by atoms with E-state index in [1.165, 1.54) is 7.11 Å². The Balaban J connectivity index is 2.11. The molecule has 2 rings (SSSR count). The fourth-order valence-corrected chi connectivity index (χ4v) is 1.68. The molecule has 0 fully saturated rings. The van der Waals surface area contributed by atoms with Crippen LogP contribution in [0, 0.1) is 0 Å². The lowest BCUT2D eigenvalue weighted by molar-refractivity contribution is -0.139. The first-order valence-electron chi connectivity index (χ1n) is 5.41. The summed E-state index contributed by atoms with van der Waals surface area (Å²) < 4.78 is 4.56. The first-order chi connectivity index (χ1) is 8.31. The number of para-hydroxylation sites is 1. The van der Waals surface area contributed by atoms with Crippen molar-refractivity contribution in [2.24, 2.45) is 0 Å². The van der Waals surface area contributed by atoms with E-state index in [9.17, 15) is 4.79 Å². The molecule has 17 heavy (non-hydrogen) atoms. The van der Waals surface area contributed by atoms with E-state index in [1.807, 2.05) is 30.3 Å². The van der Waals surface area contributed by atoms with Gasteiger partial charge in [0, 0.05) is 18.1 Å². The summed E-state index contributed by atoms with van der Waals surface area (Å²) in [6, 6.07) is 9.94. The van der Waals surface area contributed by atoms with E-state index in [-0.39, 0.29) is 12.5 Å². The molecule has 1 N–H and O–H groups in total. The van der Waals surface area contributed by atoms with E-state index in [0.717, 1.165) is 16.5 Å². The quantitative estimate of drug-likeness (QED) is 0.809. The summed E-state index contributed by atoms with van der Waals surface area (Å²) in [5, 5.41) is 4.13. The monoisotopic (exact) mass is 230 g/mol. The summed E-state index contributed by atoms with van der Waals surface area (Å²) in [5.74, 6) is -0.266. The van der Waals surface area contributed by atoms with Gasteiger partial charge in [-0.3, -0.25) is 9.78 Å². The fourth-order valence-electron chi connectivity index (χ4n) is 1.68. The van der Waals surface area contributed by atoms with Gasteiger partial charge in [-0.25, -0.2) is 0 Å². The lowest BCUT2D eigenvalue weighted by atomic mass is 10.1. The number of pyridine rings is 1. The van der Waals surface area contributed by atoms with Crippen LogP contribution in [0.1, 0.15) is 5.56 Å². The lowest BCUT2D eigenvalue weighted by Crippen LogP contribution is -2.23. The number of esters is 1. The molecule has 2 aromatic rings. The molecular weight excluding hydrogens is 216 g/mol. The van der Waals surface area contributed by atoms with Gasteiger partial charge in [0.15, 0.2) is 0 Å². The Morgan fingerprint density at radius 3 is 3.00 bits per heavy atom. The van der Waals surface area contributed by atoms with Crippen molar-refractivity contribution in [3.05, 3.63) is 42.1 Å². The van der Waals surface area contributed by atoms with Gasteiger partial charge < -0.3 is 10.1 Å². The second-order valence-corrected chi connectivity index (χ2v) is 3.67. The molecule has 0 aliphatic heterocycles. The summed E-state index contributed by atoms with van der Waals surface area (Å²) in [5.41, 5.74) is 2.04. The standard InChI is InChI=1S/C13H14N2O2/c1-17-12(16)9-14-8-11-5-2-4-10-6-3-7-15-13(10)11/h2-7,14H,8-9H2,1H3. The Hall–Kier alpha value is -1.94. The van der Waals surface area contributed by atoms with E-state index in [1.54, 1.807) is 6.20 Å². The number of benzene rings is 1. The van der Waals surface area contributed by atoms with Gasteiger partial charge in [0.1, 0.15) is 0 Å². The van der Waals surface area contributed by atoms with Crippen molar-refractivity contribution in [3.63, 3.8) is 0 Å². The molecule has 0 bridgehead atoms. The topological polar surface area (TPSA) is 51.2 Å². The Labute approximate surface area is 99.6 Å². The molecule has 0 aliphatic rings. The SMILES string of the molecule is COC(=O)CNCc1cccc2cccnc12. The highest BCUT2D eigenvalue weighted by Crippen LogP contribution is 2.15. The molecular formula is C13H14N2O2. The van der Waals surface area contributed by atoms with Crippen LogP contribution in [0.2, 0.25) is 0 Å². The first kappa shape index (κ1) is 11.5. The maximum Gasteiger partial charge on any atom is 0.319 e. The highest BCUT2D eigenvalue weighted by atomic mass is 16.5. The second-order valence-electron chi connectivity index (χ2n) is 3.67. The number of hydrogen-bond acceptors (Lipinski definition) is 4. The van der Waals surface area contributed by atoms with Crippen LogP contribution in [0.25, 0.3) is 10.9 Å². The summed E-state index contributed by atoms with van der Waals surface area (Å²) in [4.78, 5) is 15.3. The van der Waals surface area contributed by atoms with Crippen molar-refractivity contribution in [2.45, 2.75) is 6.54 Å². The number of hydrogen-bond donors (Lipinski definition) is 1. The third-order valence-electron chi connectivity index (χ3n) is 2.53. The van der Waals surface area contributed by atoms with Crippen LogP contribution in [0.15, 0.2) is 36.5 Å². The third kappa shape index (κ3) is 2.79. The zero-order valence-electron chi connectivity index (χ0n) is 9.64. The normalized spacial score (nSPS) is 10.4. The van der Waals surface area contributed by atoms with Crippen molar-refractivity contribution < 1.29 is 9.53 Å². The van der Waals surface area contributed by atoms with Crippen molar-refractivity contribution in [2.75, 3.05) is 13.7 Å². The van der Waals surface area contributed by atoms with Crippen LogP contribution in [0.5, 0.6) is 0 Å². The van der Waals surface area contributed by atoms with Crippen LogP contribution in [-0.2, 0) is 16.1 Å². The van der Waals surface area contributed by atoms with E-state index in [4.69, 9.17) is 0 Å². The average Bonchev–Trinajstić information content (AvgIpc) is 2.39. The number of methoxy groups -OCH3 is 1. The minimum absolute atomic E-state index is 0.208. The number of ether oxygens (including phenoxy) is 1. The molecule has 1 heterocycles. The number of aromatic nitrogens is 1. The molecule has 4 heteroatoms. The van der Waals surface area contributed by atoms with Crippen molar-refractivity contribution in [1.29, 1.82) is 0 Å². The molecule has 0 saturated heterocycles. The van der Waals surface area contributed by atoms with Gasteiger partial charge in [0.05, 0.1) is 19.2 Å². The molecule has 0 amide bonds. The summed E-state index contributed by atoms with van der Waals surface area (Å²) in [6.07, 6.45) is 1.77. The molecule has 1 aromatic heterocycles. The average molecular weight is 230 g/mol.